The van der Waals surface area contributed by atoms with Gasteiger partial charge in [0.2, 0.25) is 5.91 Å². The summed E-state index contributed by atoms with van der Waals surface area (Å²) in [5, 5.41) is 8.11. The van der Waals surface area contributed by atoms with Crippen LogP contribution < -0.4 is 4.90 Å². The molecule has 0 bridgehead atoms. The van der Waals surface area contributed by atoms with Crippen LogP contribution >= 0.6 is 0 Å². The van der Waals surface area contributed by atoms with Gasteiger partial charge in [0.25, 0.3) is 0 Å². The summed E-state index contributed by atoms with van der Waals surface area (Å²) in [5.41, 5.74) is 1.96. The van der Waals surface area contributed by atoms with Crippen LogP contribution in [-0.2, 0) is 4.79 Å². The smallest absolute Gasteiger partial charge is 0.225 e. The van der Waals surface area contributed by atoms with E-state index in [9.17, 15) is 4.79 Å². The van der Waals surface area contributed by atoms with E-state index in [-0.39, 0.29) is 11.8 Å². The number of nitrogens with zero attached hydrogens (tertiary/aromatic N) is 5. The normalized spacial score (nSPS) is 15.0. The molecule has 0 aromatic carbocycles. The van der Waals surface area contributed by atoms with E-state index >= 15 is 0 Å². The SMILES string of the molecule is CC.CC(C)C(=O)N1CCN(c2cccn3cnnc23)CC1. The Balaban J connectivity index is 0.000000847. The third-order valence-corrected chi connectivity index (χ3v) is 3.73. The molecular weight excluding hydrogens is 278 g/mol. The fraction of sp³-hybridized carbons (Fsp3) is 0.562. The van der Waals surface area contributed by atoms with Crippen molar-refractivity contribution < 1.29 is 4.79 Å². The van der Waals surface area contributed by atoms with E-state index in [4.69, 9.17) is 0 Å². The summed E-state index contributed by atoms with van der Waals surface area (Å²) < 4.78 is 1.92. The van der Waals surface area contributed by atoms with Gasteiger partial charge in [-0.05, 0) is 12.1 Å². The minimum Gasteiger partial charge on any atom is -0.365 e. The first-order valence-electron chi connectivity index (χ1n) is 7.99. The number of rotatable bonds is 2. The quantitative estimate of drug-likeness (QED) is 0.852. The third kappa shape index (κ3) is 3.21. The van der Waals surface area contributed by atoms with E-state index in [2.05, 4.69) is 21.2 Å². The van der Waals surface area contributed by atoms with Gasteiger partial charge < -0.3 is 9.80 Å². The summed E-state index contributed by atoms with van der Waals surface area (Å²) in [7, 11) is 0. The number of carbonyl (C=O) groups excluding carboxylic acids is 1. The van der Waals surface area contributed by atoms with Crippen LogP contribution in [0.15, 0.2) is 24.7 Å². The van der Waals surface area contributed by atoms with Crippen molar-refractivity contribution in [1.29, 1.82) is 0 Å². The summed E-state index contributed by atoms with van der Waals surface area (Å²) in [6.45, 7) is 11.1. The van der Waals surface area contributed by atoms with Crippen molar-refractivity contribution >= 4 is 17.2 Å². The fourth-order valence-corrected chi connectivity index (χ4v) is 2.62. The lowest BCUT2D eigenvalue weighted by Gasteiger charge is -2.36. The van der Waals surface area contributed by atoms with E-state index < -0.39 is 0 Å². The number of anilines is 1. The number of fused-ring (bicyclic) bond motifs is 1. The first-order valence-corrected chi connectivity index (χ1v) is 7.99. The van der Waals surface area contributed by atoms with Gasteiger partial charge >= 0.3 is 0 Å². The van der Waals surface area contributed by atoms with Crippen LogP contribution in [0.3, 0.4) is 0 Å². The van der Waals surface area contributed by atoms with E-state index in [1.165, 1.54) is 0 Å². The zero-order valence-electron chi connectivity index (χ0n) is 13.9. The third-order valence-electron chi connectivity index (χ3n) is 3.73. The van der Waals surface area contributed by atoms with Crippen LogP contribution in [0.25, 0.3) is 5.65 Å². The zero-order chi connectivity index (χ0) is 16.1. The van der Waals surface area contributed by atoms with E-state index in [1.54, 1.807) is 6.33 Å². The van der Waals surface area contributed by atoms with Crippen molar-refractivity contribution in [3.63, 3.8) is 0 Å². The maximum atomic E-state index is 12.0. The number of hydrogen-bond acceptors (Lipinski definition) is 4. The lowest BCUT2D eigenvalue weighted by atomic mass is 10.1. The first kappa shape index (κ1) is 16.3. The Hall–Kier alpha value is -2.11. The Labute approximate surface area is 131 Å². The molecule has 3 heterocycles. The van der Waals surface area contributed by atoms with E-state index in [1.807, 2.05) is 49.3 Å². The van der Waals surface area contributed by atoms with Crippen molar-refractivity contribution in [2.75, 3.05) is 31.1 Å². The Morgan fingerprint density at radius 2 is 1.86 bits per heavy atom. The lowest BCUT2D eigenvalue weighted by Crippen LogP contribution is -2.50. The van der Waals surface area contributed by atoms with Gasteiger partial charge in [0.15, 0.2) is 5.65 Å². The number of aromatic nitrogens is 3. The van der Waals surface area contributed by atoms with Gasteiger partial charge in [-0.1, -0.05) is 27.7 Å². The average molecular weight is 303 g/mol. The van der Waals surface area contributed by atoms with Gasteiger partial charge in [-0.2, -0.15) is 0 Å². The molecule has 2 aromatic heterocycles. The second-order valence-corrected chi connectivity index (χ2v) is 5.42. The molecule has 1 fully saturated rings. The van der Waals surface area contributed by atoms with Crippen molar-refractivity contribution in [2.24, 2.45) is 5.92 Å². The highest BCUT2D eigenvalue weighted by Crippen LogP contribution is 2.21. The molecule has 120 valence electrons. The molecule has 1 aliphatic heterocycles. The monoisotopic (exact) mass is 303 g/mol. The Morgan fingerprint density at radius 1 is 1.18 bits per heavy atom. The molecule has 0 aliphatic carbocycles. The van der Waals surface area contributed by atoms with Crippen molar-refractivity contribution in [2.45, 2.75) is 27.7 Å². The van der Waals surface area contributed by atoms with Crippen LogP contribution in [0.2, 0.25) is 0 Å². The van der Waals surface area contributed by atoms with Gasteiger partial charge in [-0.15, -0.1) is 10.2 Å². The maximum absolute atomic E-state index is 12.0. The predicted octanol–water partition coefficient (Wildman–Crippen LogP) is 2.06. The standard InChI is InChI=1S/C14H19N5O.C2H6/c1-11(2)14(20)18-8-6-17(7-9-18)12-4-3-5-19-10-15-16-13(12)19;1-2/h3-5,10-11H,6-9H2,1-2H3;1-2H3. The summed E-state index contributed by atoms with van der Waals surface area (Å²) in [4.78, 5) is 16.2. The highest BCUT2D eigenvalue weighted by Gasteiger charge is 2.24. The highest BCUT2D eigenvalue weighted by atomic mass is 16.2. The Kier molecular flexibility index (Phi) is 5.35. The van der Waals surface area contributed by atoms with Crippen LogP contribution in [0.1, 0.15) is 27.7 Å². The van der Waals surface area contributed by atoms with Gasteiger partial charge in [-0.3, -0.25) is 9.20 Å². The minimum atomic E-state index is 0.0708. The van der Waals surface area contributed by atoms with Crippen molar-refractivity contribution in [1.82, 2.24) is 19.5 Å². The molecule has 0 unspecified atom stereocenters. The topological polar surface area (TPSA) is 53.7 Å². The summed E-state index contributed by atoms with van der Waals surface area (Å²) in [6.07, 6.45) is 3.65. The molecule has 0 saturated carbocycles. The zero-order valence-corrected chi connectivity index (χ0v) is 13.9. The molecule has 1 aliphatic rings. The second kappa shape index (κ2) is 7.24. The number of pyridine rings is 1. The second-order valence-electron chi connectivity index (χ2n) is 5.42. The van der Waals surface area contributed by atoms with Gasteiger partial charge in [0.1, 0.15) is 6.33 Å². The molecule has 3 rings (SSSR count). The van der Waals surface area contributed by atoms with Crippen LogP contribution in [0.4, 0.5) is 5.69 Å². The van der Waals surface area contributed by atoms with E-state index in [0.717, 1.165) is 37.5 Å². The number of carbonyl (C=O) groups is 1. The molecule has 2 aromatic rings. The molecule has 6 nitrogen and oxygen atoms in total. The van der Waals surface area contributed by atoms with Crippen LogP contribution in [-0.4, -0.2) is 51.6 Å². The molecule has 0 atom stereocenters. The predicted molar refractivity (Wildman–Crippen MR) is 88.0 cm³/mol. The molecule has 22 heavy (non-hydrogen) atoms. The van der Waals surface area contributed by atoms with Crippen LogP contribution in [0.5, 0.6) is 0 Å². The summed E-state index contributed by atoms with van der Waals surface area (Å²) >= 11 is 0. The van der Waals surface area contributed by atoms with Gasteiger partial charge in [-0.25, -0.2) is 0 Å². The average Bonchev–Trinajstić information content (AvgIpc) is 3.04. The largest absolute Gasteiger partial charge is 0.365 e. The Morgan fingerprint density at radius 3 is 2.50 bits per heavy atom. The number of piperazine rings is 1. The first-order chi connectivity index (χ1) is 10.7. The lowest BCUT2D eigenvalue weighted by molar-refractivity contribution is -0.134. The van der Waals surface area contributed by atoms with Crippen LogP contribution in [0, 0.1) is 5.92 Å². The molecule has 6 heteroatoms. The fourth-order valence-electron chi connectivity index (χ4n) is 2.62. The summed E-state index contributed by atoms with van der Waals surface area (Å²) in [6, 6.07) is 4.06. The number of hydrogen-bond donors (Lipinski definition) is 0. The van der Waals surface area contributed by atoms with Crippen molar-refractivity contribution in [3.05, 3.63) is 24.7 Å². The molecule has 0 N–H and O–H groups in total. The minimum absolute atomic E-state index is 0.0708. The molecule has 0 spiro atoms. The molecular formula is C16H25N5O. The Bertz CT molecular complexity index is 614. The highest BCUT2D eigenvalue weighted by molar-refractivity contribution is 5.78. The maximum Gasteiger partial charge on any atom is 0.225 e. The number of amides is 1. The van der Waals surface area contributed by atoms with E-state index in [0.29, 0.717) is 0 Å². The molecule has 1 amide bonds. The summed E-state index contributed by atoms with van der Waals surface area (Å²) in [5.74, 6) is 0.312. The molecule has 0 radical (unpaired) electrons. The molecule has 1 saturated heterocycles. The van der Waals surface area contributed by atoms with Crippen molar-refractivity contribution in [3.8, 4) is 0 Å². The van der Waals surface area contributed by atoms with Gasteiger partial charge in [0, 0.05) is 38.3 Å². The van der Waals surface area contributed by atoms with Gasteiger partial charge in [0.05, 0.1) is 5.69 Å².